The predicted octanol–water partition coefficient (Wildman–Crippen LogP) is 1.98. The number of hydrogen-bond donors (Lipinski definition) is 2. The lowest BCUT2D eigenvalue weighted by Gasteiger charge is -2.17. The number of nitrogens with zero attached hydrogens (tertiary/aromatic N) is 4. The Kier molecular flexibility index (Phi) is 2.67. The number of anilines is 3. The second-order valence-corrected chi connectivity index (χ2v) is 4.43. The monoisotopic (exact) mass is 271 g/mol. The SMILES string of the molecule is Cc1cc(N(C)c2nc(N)nc3cccc(O)c23)no1. The third-order valence-electron chi connectivity index (χ3n) is 2.98. The van der Waals surface area contributed by atoms with E-state index in [2.05, 4.69) is 15.1 Å². The van der Waals surface area contributed by atoms with Crippen LogP contribution in [0.3, 0.4) is 0 Å². The number of nitrogen functional groups attached to an aromatic ring is 1. The summed E-state index contributed by atoms with van der Waals surface area (Å²) < 4.78 is 5.05. The molecule has 3 rings (SSSR count). The fourth-order valence-corrected chi connectivity index (χ4v) is 2.03. The summed E-state index contributed by atoms with van der Waals surface area (Å²) in [4.78, 5) is 10.0. The highest BCUT2D eigenvalue weighted by molar-refractivity contribution is 5.96. The average Bonchev–Trinajstić information content (AvgIpc) is 2.83. The minimum Gasteiger partial charge on any atom is -0.507 e. The highest BCUT2D eigenvalue weighted by Crippen LogP contribution is 2.34. The Labute approximate surface area is 114 Å². The van der Waals surface area contributed by atoms with Crippen LogP contribution in [0.25, 0.3) is 10.9 Å². The molecule has 0 aliphatic rings. The molecule has 0 bridgehead atoms. The molecule has 0 radical (unpaired) electrons. The first-order chi connectivity index (χ1) is 9.56. The maximum atomic E-state index is 10.1. The van der Waals surface area contributed by atoms with Crippen molar-refractivity contribution >= 4 is 28.5 Å². The van der Waals surface area contributed by atoms with Crippen molar-refractivity contribution in [1.82, 2.24) is 15.1 Å². The van der Waals surface area contributed by atoms with Crippen molar-refractivity contribution in [3.05, 3.63) is 30.0 Å². The number of fused-ring (bicyclic) bond motifs is 1. The minimum atomic E-state index is 0.0876. The Morgan fingerprint density at radius 3 is 2.80 bits per heavy atom. The zero-order valence-electron chi connectivity index (χ0n) is 11.0. The first-order valence-electron chi connectivity index (χ1n) is 5.98. The lowest BCUT2D eigenvalue weighted by atomic mass is 10.2. The Morgan fingerprint density at radius 1 is 1.30 bits per heavy atom. The number of phenols is 1. The van der Waals surface area contributed by atoms with Gasteiger partial charge in [-0.25, -0.2) is 4.98 Å². The van der Waals surface area contributed by atoms with E-state index < -0.39 is 0 Å². The summed E-state index contributed by atoms with van der Waals surface area (Å²) in [6.45, 7) is 1.80. The molecule has 0 fully saturated rings. The van der Waals surface area contributed by atoms with E-state index in [9.17, 15) is 5.11 Å². The lowest BCUT2D eigenvalue weighted by Crippen LogP contribution is -2.13. The molecule has 3 aromatic rings. The number of hydrogen-bond acceptors (Lipinski definition) is 7. The molecule has 0 saturated carbocycles. The Morgan fingerprint density at radius 2 is 2.10 bits per heavy atom. The van der Waals surface area contributed by atoms with E-state index in [4.69, 9.17) is 10.3 Å². The van der Waals surface area contributed by atoms with Gasteiger partial charge in [0.25, 0.3) is 0 Å². The van der Waals surface area contributed by atoms with Crippen molar-refractivity contribution in [2.45, 2.75) is 6.92 Å². The van der Waals surface area contributed by atoms with E-state index in [-0.39, 0.29) is 11.7 Å². The summed E-state index contributed by atoms with van der Waals surface area (Å²) in [6.07, 6.45) is 0. The van der Waals surface area contributed by atoms with Gasteiger partial charge in [-0.15, -0.1) is 0 Å². The molecule has 0 amide bonds. The van der Waals surface area contributed by atoms with E-state index in [1.54, 1.807) is 43.1 Å². The molecule has 7 heteroatoms. The maximum Gasteiger partial charge on any atom is 0.222 e. The number of aryl methyl sites for hydroxylation is 1. The molecule has 7 nitrogen and oxygen atoms in total. The van der Waals surface area contributed by atoms with Crippen LogP contribution >= 0.6 is 0 Å². The van der Waals surface area contributed by atoms with E-state index >= 15 is 0 Å². The van der Waals surface area contributed by atoms with E-state index in [0.717, 1.165) is 0 Å². The van der Waals surface area contributed by atoms with Crippen LogP contribution in [0.5, 0.6) is 5.75 Å². The summed E-state index contributed by atoms with van der Waals surface area (Å²) in [5.41, 5.74) is 6.29. The van der Waals surface area contributed by atoms with Gasteiger partial charge in [-0.05, 0) is 19.1 Å². The number of nitrogens with two attached hydrogens (primary N) is 1. The fourth-order valence-electron chi connectivity index (χ4n) is 2.03. The molecule has 0 saturated heterocycles. The summed E-state index contributed by atoms with van der Waals surface area (Å²) in [5, 5.41) is 14.5. The predicted molar refractivity (Wildman–Crippen MR) is 74.9 cm³/mol. The summed E-state index contributed by atoms with van der Waals surface area (Å²) in [7, 11) is 1.77. The third-order valence-corrected chi connectivity index (χ3v) is 2.98. The van der Waals surface area contributed by atoms with Crippen LogP contribution in [0.1, 0.15) is 5.76 Å². The largest absolute Gasteiger partial charge is 0.507 e. The number of benzene rings is 1. The van der Waals surface area contributed by atoms with Gasteiger partial charge in [0.15, 0.2) is 11.6 Å². The Balaban J connectivity index is 2.24. The first-order valence-corrected chi connectivity index (χ1v) is 5.98. The Bertz CT molecular complexity index is 784. The highest BCUT2D eigenvalue weighted by atomic mass is 16.5. The smallest absolute Gasteiger partial charge is 0.222 e. The fraction of sp³-hybridized carbons (Fsp3) is 0.154. The second kappa shape index (κ2) is 4.37. The van der Waals surface area contributed by atoms with Crippen molar-refractivity contribution in [2.24, 2.45) is 0 Å². The molecule has 0 aliphatic heterocycles. The summed E-state index contributed by atoms with van der Waals surface area (Å²) >= 11 is 0. The molecule has 20 heavy (non-hydrogen) atoms. The molecular formula is C13H13N5O2. The van der Waals surface area contributed by atoms with Crippen LogP contribution in [-0.2, 0) is 0 Å². The van der Waals surface area contributed by atoms with Crippen molar-refractivity contribution < 1.29 is 9.63 Å². The van der Waals surface area contributed by atoms with Gasteiger partial charge in [-0.3, -0.25) is 0 Å². The molecule has 1 aromatic carbocycles. The van der Waals surface area contributed by atoms with E-state index in [0.29, 0.717) is 28.3 Å². The van der Waals surface area contributed by atoms with Crippen LogP contribution in [0.4, 0.5) is 17.6 Å². The van der Waals surface area contributed by atoms with Crippen molar-refractivity contribution in [2.75, 3.05) is 17.7 Å². The van der Waals surface area contributed by atoms with Gasteiger partial charge >= 0.3 is 0 Å². The van der Waals surface area contributed by atoms with Gasteiger partial charge in [-0.1, -0.05) is 11.2 Å². The first kappa shape index (κ1) is 12.2. The van der Waals surface area contributed by atoms with Crippen LogP contribution in [0.2, 0.25) is 0 Å². The van der Waals surface area contributed by atoms with Gasteiger partial charge < -0.3 is 20.3 Å². The standard InChI is InChI=1S/C13H13N5O2/c1-7-6-10(17-20-7)18(2)12-11-8(15-13(14)16-12)4-3-5-9(11)19/h3-6,19H,1-2H3,(H2,14,15,16). The van der Waals surface area contributed by atoms with Gasteiger partial charge in [0.1, 0.15) is 11.5 Å². The maximum absolute atomic E-state index is 10.1. The second-order valence-electron chi connectivity index (χ2n) is 4.43. The van der Waals surface area contributed by atoms with Crippen molar-refractivity contribution in [1.29, 1.82) is 0 Å². The van der Waals surface area contributed by atoms with Gasteiger partial charge in [0.05, 0.1) is 10.9 Å². The molecule has 0 atom stereocenters. The average molecular weight is 271 g/mol. The van der Waals surface area contributed by atoms with E-state index in [1.807, 2.05) is 0 Å². The normalized spacial score (nSPS) is 10.9. The summed E-state index contributed by atoms with van der Waals surface area (Å²) in [5.74, 6) is 1.95. The third kappa shape index (κ3) is 1.89. The summed E-state index contributed by atoms with van der Waals surface area (Å²) in [6, 6.07) is 6.81. The van der Waals surface area contributed by atoms with Gasteiger partial charge in [0, 0.05) is 13.1 Å². The molecular weight excluding hydrogens is 258 g/mol. The molecule has 102 valence electrons. The van der Waals surface area contributed by atoms with E-state index in [1.165, 1.54) is 0 Å². The lowest BCUT2D eigenvalue weighted by molar-refractivity contribution is 0.398. The van der Waals surface area contributed by atoms with Gasteiger partial charge in [-0.2, -0.15) is 4.98 Å². The van der Waals surface area contributed by atoms with Crippen LogP contribution in [-0.4, -0.2) is 27.3 Å². The minimum absolute atomic E-state index is 0.0876. The highest BCUT2D eigenvalue weighted by Gasteiger charge is 2.17. The van der Waals surface area contributed by atoms with Crippen molar-refractivity contribution in [3.63, 3.8) is 0 Å². The topological polar surface area (TPSA) is 101 Å². The number of rotatable bonds is 2. The number of aromatic hydroxyl groups is 1. The zero-order valence-corrected chi connectivity index (χ0v) is 11.0. The van der Waals surface area contributed by atoms with Crippen LogP contribution in [0.15, 0.2) is 28.8 Å². The molecule has 0 aliphatic carbocycles. The molecule has 2 aromatic heterocycles. The quantitative estimate of drug-likeness (QED) is 0.734. The van der Waals surface area contributed by atoms with Crippen LogP contribution < -0.4 is 10.6 Å². The van der Waals surface area contributed by atoms with Gasteiger partial charge in [0.2, 0.25) is 5.95 Å². The molecule has 2 heterocycles. The van der Waals surface area contributed by atoms with Crippen molar-refractivity contribution in [3.8, 4) is 5.75 Å². The molecule has 3 N–H and O–H groups in total. The number of phenolic OH excluding ortho intramolecular Hbond substituents is 1. The number of aromatic nitrogens is 3. The molecule has 0 spiro atoms. The zero-order chi connectivity index (χ0) is 14.3. The molecule has 0 unspecified atom stereocenters. The van der Waals surface area contributed by atoms with Crippen LogP contribution in [0, 0.1) is 6.92 Å². The Hall–Kier alpha value is -2.83.